The molecule has 0 radical (unpaired) electrons. The van der Waals surface area contributed by atoms with Gasteiger partial charge in [-0.1, -0.05) is 0 Å². The van der Waals surface area contributed by atoms with E-state index in [1.54, 1.807) is 45.4 Å². The van der Waals surface area contributed by atoms with Gasteiger partial charge in [0.05, 0.1) is 30.3 Å². The van der Waals surface area contributed by atoms with Gasteiger partial charge in [-0.15, -0.1) is 0 Å². The van der Waals surface area contributed by atoms with E-state index in [0.29, 0.717) is 12.4 Å². The molecule has 0 fully saturated rings. The zero-order chi connectivity index (χ0) is 12.7. The summed E-state index contributed by atoms with van der Waals surface area (Å²) in [6.07, 6.45) is -0.261. The average molecular weight is 258 g/mol. The van der Waals surface area contributed by atoms with Crippen LogP contribution >= 0.6 is 0 Å². The standard InChI is InChI=1S/C12H18O4S/c1-10(14-2)16-8-9-17(13)12-6-4-11(15-3)5-7-12/h4-7,10H,8-9H2,1-3H3. The van der Waals surface area contributed by atoms with Crippen molar-refractivity contribution in [3.05, 3.63) is 24.3 Å². The Labute approximate surface area is 104 Å². The quantitative estimate of drug-likeness (QED) is 0.700. The van der Waals surface area contributed by atoms with Gasteiger partial charge in [0.25, 0.3) is 0 Å². The van der Waals surface area contributed by atoms with Crippen molar-refractivity contribution in [3.63, 3.8) is 0 Å². The molecule has 0 saturated heterocycles. The second-order valence-corrected chi connectivity index (χ2v) is 4.97. The Balaban J connectivity index is 2.41. The molecular weight excluding hydrogens is 240 g/mol. The molecule has 17 heavy (non-hydrogen) atoms. The van der Waals surface area contributed by atoms with Crippen molar-refractivity contribution in [1.82, 2.24) is 0 Å². The summed E-state index contributed by atoms with van der Waals surface area (Å²) in [4.78, 5) is 0.777. The second kappa shape index (κ2) is 7.42. The van der Waals surface area contributed by atoms with Crippen LogP contribution in [0.5, 0.6) is 5.75 Å². The molecular formula is C12H18O4S. The van der Waals surface area contributed by atoms with Crippen molar-refractivity contribution in [2.24, 2.45) is 0 Å². The van der Waals surface area contributed by atoms with Crippen LogP contribution in [0.25, 0.3) is 0 Å². The fourth-order valence-electron chi connectivity index (χ4n) is 1.20. The Hall–Kier alpha value is -0.910. The molecule has 0 spiro atoms. The predicted molar refractivity (Wildman–Crippen MR) is 66.7 cm³/mol. The van der Waals surface area contributed by atoms with Gasteiger partial charge in [0, 0.05) is 12.0 Å². The Morgan fingerprint density at radius 3 is 2.41 bits per heavy atom. The highest BCUT2D eigenvalue weighted by atomic mass is 32.2. The summed E-state index contributed by atoms with van der Waals surface area (Å²) in [5, 5.41) is 0. The Morgan fingerprint density at radius 2 is 1.88 bits per heavy atom. The molecule has 0 aromatic heterocycles. The summed E-state index contributed by atoms with van der Waals surface area (Å²) in [5.74, 6) is 1.22. The van der Waals surface area contributed by atoms with E-state index in [1.165, 1.54) is 0 Å². The second-order valence-electron chi connectivity index (χ2n) is 3.40. The van der Waals surface area contributed by atoms with Gasteiger partial charge in [-0.2, -0.15) is 0 Å². The molecule has 0 aliphatic heterocycles. The van der Waals surface area contributed by atoms with Gasteiger partial charge in [-0.3, -0.25) is 4.21 Å². The SMILES string of the molecule is COc1ccc(S(=O)CCOC(C)OC)cc1. The first-order valence-electron chi connectivity index (χ1n) is 5.34. The summed E-state index contributed by atoms with van der Waals surface area (Å²) < 4.78 is 27.1. The molecule has 2 unspecified atom stereocenters. The Bertz CT molecular complexity index is 350. The molecule has 0 bridgehead atoms. The third kappa shape index (κ3) is 4.85. The van der Waals surface area contributed by atoms with Crippen molar-refractivity contribution >= 4 is 10.8 Å². The fourth-order valence-corrected chi connectivity index (χ4v) is 2.13. The maximum Gasteiger partial charge on any atom is 0.154 e. The first-order chi connectivity index (χ1) is 8.17. The minimum Gasteiger partial charge on any atom is -0.497 e. The van der Waals surface area contributed by atoms with E-state index in [2.05, 4.69) is 0 Å². The highest BCUT2D eigenvalue weighted by Gasteiger charge is 2.05. The summed E-state index contributed by atoms with van der Waals surface area (Å²) in [5.41, 5.74) is 0. The molecule has 96 valence electrons. The van der Waals surface area contributed by atoms with Crippen molar-refractivity contribution in [2.45, 2.75) is 18.1 Å². The highest BCUT2D eigenvalue weighted by Crippen LogP contribution is 2.14. The van der Waals surface area contributed by atoms with Crippen molar-refractivity contribution in [2.75, 3.05) is 26.6 Å². The molecule has 1 rings (SSSR count). The van der Waals surface area contributed by atoms with Crippen LogP contribution in [0, 0.1) is 0 Å². The van der Waals surface area contributed by atoms with E-state index < -0.39 is 10.8 Å². The molecule has 1 aromatic rings. The normalized spacial score (nSPS) is 14.3. The number of hydrogen-bond acceptors (Lipinski definition) is 4. The lowest BCUT2D eigenvalue weighted by atomic mass is 10.3. The summed E-state index contributed by atoms with van der Waals surface area (Å²) in [6, 6.07) is 7.20. The summed E-state index contributed by atoms with van der Waals surface area (Å²) in [6.45, 7) is 2.21. The first kappa shape index (κ1) is 14.2. The van der Waals surface area contributed by atoms with Gasteiger partial charge in [-0.25, -0.2) is 0 Å². The maximum absolute atomic E-state index is 11.9. The van der Waals surface area contributed by atoms with Crippen LogP contribution < -0.4 is 4.74 Å². The number of methoxy groups -OCH3 is 2. The lowest BCUT2D eigenvalue weighted by Gasteiger charge is -2.10. The summed E-state index contributed by atoms with van der Waals surface area (Å²) >= 11 is 0. The molecule has 0 saturated carbocycles. The first-order valence-corrected chi connectivity index (χ1v) is 6.66. The largest absolute Gasteiger partial charge is 0.497 e. The highest BCUT2D eigenvalue weighted by molar-refractivity contribution is 7.85. The van der Waals surface area contributed by atoms with Crippen LogP contribution in [-0.2, 0) is 20.3 Å². The average Bonchev–Trinajstić information content (AvgIpc) is 2.38. The number of benzene rings is 1. The third-order valence-electron chi connectivity index (χ3n) is 2.28. The van der Waals surface area contributed by atoms with E-state index in [0.717, 1.165) is 10.6 Å². The topological polar surface area (TPSA) is 44.8 Å². The maximum atomic E-state index is 11.9. The van der Waals surface area contributed by atoms with Crippen molar-refractivity contribution in [3.8, 4) is 5.75 Å². The van der Waals surface area contributed by atoms with Gasteiger partial charge in [0.2, 0.25) is 0 Å². The van der Waals surface area contributed by atoms with Gasteiger partial charge in [0.1, 0.15) is 5.75 Å². The number of hydrogen-bond donors (Lipinski definition) is 0. The molecule has 4 nitrogen and oxygen atoms in total. The molecule has 0 N–H and O–H groups in total. The zero-order valence-corrected chi connectivity index (χ0v) is 11.2. The van der Waals surface area contributed by atoms with Gasteiger partial charge < -0.3 is 14.2 Å². The smallest absolute Gasteiger partial charge is 0.154 e. The van der Waals surface area contributed by atoms with E-state index in [-0.39, 0.29) is 6.29 Å². The fraction of sp³-hybridized carbons (Fsp3) is 0.500. The van der Waals surface area contributed by atoms with Crippen LogP contribution in [-0.4, -0.2) is 37.1 Å². The minimum atomic E-state index is -1.05. The number of ether oxygens (including phenoxy) is 3. The molecule has 0 aliphatic rings. The molecule has 0 heterocycles. The van der Waals surface area contributed by atoms with Crippen molar-refractivity contribution < 1.29 is 18.4 Å². The number of rotatable bonds is 7. The molecule has 5 heteroatoms. The monoisotopic (exact) mass is 258 g/mol. The zero-order valence-electron chi connectivity index (χ0n) is 10.3. The summed E-state index contributed by atoms with van der Waals surface area (Å²) in [7, 11) is 2.13. The van der Waals surface area contributed by atoms with Gasteiger partial charge in [0.15, 0.2) is 6.29 Å². The molecule has 0 amide bonds. The Kier molecular flexibility index (Phi) is 6.18. The lowest BCUT2D eigenvalue weighted by Crippen LogP contribution is -2.15. The molecule has 1 aromatic carbocycles. The van der Waals surface area contributed by atoms with Crippen molar-refractivity contribution in [1.29, 1.82) is 0 Å². The minimum absolute atomic E-state index is 0.261. The molecule has 2 atom stereocenters. The van der Waals surface area contributed by atoms with Crippen LogP contribution in [0.15, 0.2) is 29.2 Å². The van der Waals surface area contributed by atoms with Gasteiger partial charge in [-0.05, 0) is 31.2 Å². The lowest BCUT2D eigenvalue weighted by molar-refractivity contribution is -0.105. The van der Waals surface area contributed by atoms with E-state index in [1.807, 2.05) is 0 Å². The molecule has 0 aliphatic carbocycles. The van der Waals surface area contributed by atoms with E-state index in [9.17, 15) is 4.21 Å². The Morgan fingerprint density at radius 1 is 1.24 bits per heavy atom. The van der Waals surface area contributed by atoms with E-state index >= 15 is 0 Å². The third-order valence-corrected chi connectivity index (χ3v) is 3.61. The van der Waals surface area contributed by atoms with Crippen LogP contribution in [0.4, 0.5) is 0 Å². The van der Waals surface area contributed by atoms with E-state index in [4.69, 9.17) is 14.2 Å². The van der Waals surface area contributed by atoms with Crippen LogP contribution in [0.3, 0.4) is 0 Å². The van der Waals surface area contributed by atoms with Crippen LogP contribution in [0.1, 0.15) is 6.92 Å². The van der Waals surface area contributed by atoms with Crippen LogP contribution in [0.2, 0.25) is 0 Å². The van der Waals surface area contributed by atoms with Gasteiger partial charge >= 0.3 is 0 Å². The predicted octanol–water partition coefficient (Wildman–Crippen LogP) is 1.81.